The van der Waals surface area contributed by atoms with E-state index < -0.39 is 10.0 Å². The predicted molar refractivity (Wildman–Crippen MR) is 63.5 cm³/mol. The molecule has 0 bridgehead atoms. The highest BCUT2D eigenvalue weighted by molar-refractivity contribution is 9.08. The monoisotopic (exact) mass is 305 g/mol. The number of nitrogens with zero attached hydrogens (tertiary/aromatic N) is 1. The smallest absolute Gasteiger partial charge is 0.265 e. The fraction of sp³-hybridized carbons (Fsp3) is 0.400. The Balaban J connectivity index is 2.28. The number of rotatable bonds is 3. The Bertz CT molecular complexity index is 451. The van der Waals surface area contributed by atoms with Gasteiger partial charge in [0.15, 0.2) is 0 Å². The lowest BCUT2D eigenvalue weighted by Gasteiger charge is -2.14. The second-order valence-electron chi connectivity index (χ2n) is 3.50. The van der Waals surface area contributed by atoms with Gasteiger partial charge in [0.05, 0.1) is 11.5 Å². The first-order valence-corrected chi connectivity index (χ1v) is 7.51. The van der Waals surface area contributed by atoms with Gasteiger partial charge < -0.3 is 0 Å². The summed E-state index contributed by atoms with van der Waals surface area (Å²) in [5.74, 6) is 0. The third-order valence-corrected chi connectivity index (χ3v) is 4.70. The molecule has 1 aliphatic rings. The number of alkyl halides is 1. The van der Waals surface area contributed by atoms with Crippen LogP contribution in [0.1, 0.15) is 12.0 Å². The molecular weight excluding hydrogens is 294 g/mol. The minimum atomic E-state index is -3.47. The molecule has 0 saturated carbocycles. The van der Waals surface area contributed by atoms with Crippen molar-refractivity contribution in [3.8, 4) is 0 Å². The zero-order valence-electron chi connectivity index (χ0n) is 8.60. The van der Waals surface area contributed by atoms with Gasteiger partial charge in [-0.15, -0.1) is 0 Å². The zero-order chi connectivity index (χ0) is 11.6. The van der Waals surface area contributed by atoms with E-state index >= 15 is 0 Å². The Hall–Kier alpha value is -0.430. The van der Waals surface area contributed by atoms with Crippen molar-refractivity contribution in [2.75, 3.05) is 13.2 Å². The molecule has 1 heterocycles. The van der Waals surface area contributed by atoms with Gasteiger partial charge in [0.1, 0.15) is 0 Å². The van der Waals surface area contributed by atoms with E-state index in [0.29, 0.717) is 18.5 Å². The molecule has 88 valence electrons. The van der Waals surface area contributed by atoms with Crippen LogP contribution in [0.3, 0.4) is 0 Å². The Morgan fingerprint density at radius 1 is 1.31 bits per heavy atom. The lowest BCUT2D eigenvalue weighted by Crippen LogP contribution is -2.26. The number of sulfonamides is 1. The molecule has 0 unspecified atom stereocenters. The van der Waals surface area contributed by atoms with Crippen LogP contribution in [-0.2, 0) is 20.2 Å². The van der Waals surface area contributed by atoms with E-state index in [0.717, 1.165) is 16.5 Å². The lowest BCUT2D eigenvalue weighted by molar-refractivity contribution is -0.0284. The number of halogens is 1. The van der Waals surface area contributed by atoms with E-state index in [-0.39, 0.29) is 4.90 Å². The first kappa shape index (κ1) is 12.0. The summed E-state index contributed by atoms with van der Waals surface area (Å²) in [6.45, 7) is 0.904. The molecule has 1 aromatic rings. The van der Waals surface area contributed by atoms with Crippen LogP contribution in [0, 0.1) is 0 Å². The number of benzene rings is 1. The Morgan fingerprint density at radius 3 is 2.50 bits per heavy atom. The van der Waals surface area contributed by atoms with Crippen LogP contribution in [0.5, 0.6) is 0 Å². The normalized spacial score (nSPS) is 17.8. The van der Waals surface area contributed by atoms with E-state index in [1.54, 1.807) is 24.3 Å². The quantitative estimate of drug-likeness (QED) is 0.801. The van der Waals surface area contributed by atoms with Gasteiger partial charge in [0.25, 0.3) is 10.0 Å². The van der Waals surface area contributed by atoms with Crippen molar-refractivity contribution < 1.29 is 13.3 Å². The van der Waals surface area contributed by atoms with Gasteiger partial charge in [-0.1, -0.05) is 32.5 Å². The Morgan fingerprint density at radius 2 is 2.00 bits per heavy atom. The van der Waals surface area contributed by atoms with Crippen LogP contribution in [0.4, 0.5) is 0 Å². The third-order valence-electron chi connectivity index (χ3n) is 2.36. The molecule has 0 N–H and O–H groups in total. The largest absolute Gasteiger partial charge is 0.284 e. The van der Waals surface area contributed by atoms with E-state index in [1.165, 1.54) is 0 Å². The maximum atomic E-state index is 12.0. The van der Waals surface area contributed by atoms with E-state index in [1.807, 2.05) is 0 Å². The van der Waals surface area contributed by atoms with Gasteiger partial charge in [0.2, 0.25) is 0 Å². The van der Waals surface area contributed by atoms with Gasteiger partial charge >= 0.3 is 0 Å². The second-order valence-corrected chi connectivity index (χ2v) is 5.89. The summed E-state index contributed by atoms with van der Waals surface area (Å²) in [7, 11) is -3.47. The maximum absolute atomic E-state index is 12.0. The second kappa shape index (κ2) is 4.83. The van der Waals surface area contributed by atoms with Crippen LogP contribution in [-0.4, -0.2) is 26.0 Å². The predicted octanol–water partition coefficient (Wildman–Crippen LogP) is 1.91. The van der Waals surface area contributed by atoms with Crippen molar-refractivity contribution in [3.05, 3.63) is 29.8 Å². The van der Waals surface area contributed by atoms with Crippen molar-refractivity contribution in [1.29, 1.82) is 0 Å². The molecule has 0 atom stereocenters. The van der Waals surface area contributed by atoms with Crippen molar-refractivity contribution in [2.24, 2.45) is 0 Å². The van der Waals surface area contributed by atoms with Crippen molar-refractivity contribution in [3.63, 3.8) is 0 Å². The summed E-state index contributed by atoms with van der Waals surface area (Å²) < 4.78 is 25.1. The van der Waals surface area contributed by atoms with Gasteiger partial charge in [-0.05, 0) is 24.1 Å². The highest BCUT2D eigenvalue weighted by atomic mass is 79.9. The SMILES string of the molecule is O=S(=O)(c1ccc(CBr)cc1)N1CCCO1. The van der Waals surface area contributed by atoms with Gasteiger partial charge in [-0.25, -0.2) is 8.42 Å². The zero-order valence-corrected chi connectivity index (χ0v) is 11.0. The van der Waals surface area contributed by atoms with Crippen LogP contribution < -0.4 is 0 Å². The maximum Gasteiger partial charge on any atom is 0.265 e. The van der Waals surface area contributed by atoms with Gasteiger partial charge in [0, 0.05) is 11.9 Å². The molecule has 2 rings (SSSR count). The van der Waals surface area contributed by atoms with Crippen LogP contribution in [0.25, 0.3) is 0 Å². The first-order chi connectivity index (χ1) is 7.64. The highest BCUT2D eigenvalue weighted by Crippen LogP contribution is 2.20. The molecule has 0 aromatic heterocycles. The summed E-state index contributed by atoms with van der Waals surface area (Å²) in [6.07, 6.45) is 0.749. The van der Waals surface area contributed by atoms with Crippen LogP contribution in [0.15, 0.2) is 29.2 Å². The minimum Gasteiger partial charge on any atom is -0.284 e. The molecule has 0 radical (unpaired) electrons. The first-order valence-electron chi connectivity index (χ1n) is 4.95. The summed E-state index contributed by atoms with van der Waals surface area (Å²) in [5, 5.41) is 0.716. The molecule has 0 amide bonds. The molecule has 1 aromatic carbocycles. The minimum absolute atomic E-state index is 0.277. The summed E-state index contributed by atoms with van der Waals surface area (Å²) in [4.78, 5) is 5.34. The molecule has 4 nitrogen and oxygen atoms in total. The topological polar surface area (TPSA) is 46.6 Å². The summed E-state index contributed by atoms with van der Waals surface area (Å²) >= 11 is 3.31. The molecule has 1 saturated heterocycles. The summed E-state index contributed by atoms with van der Waals surface area (Å²) in [5.41, 5.74) is 1.04. The van der Waals surface area contributed by atoms with Crippen molar-refractivity contribution in [1.82, 2.24) is 4.47 Å². The average Bonchev–Trinajstić information content (AvgIpc) is 2.83. The molecule has 1 fully saturated rings. The molecule has 1 aliphatic heterocycles. The van der Waals surface area contributed by atoms with Crippen molar-refractivity contribution >= 4 is 26.0 Å². The van der Waals surface area contributed by atoms with E-state index in [9.17, 15) is 8.42 Å². The van der Waals surface area contributed by atoms with Gasteiger partial charge in [-0.3, -0.25) is 4.84 Å². The third kappa shape index (κ3) is 2.29. The Kier molecular flexibility index (Phi) is 3.63. The number of hydrogen-bond acceptors (Lipinski definition) is 3. The molecule has 0 aliphatic carbocycles. The molecule has 16 heavy (non-hydrogen) atoms. The van der Waals surface area contributed by atoms with Gasteiger partial charge in [-0.2, -0.15) is 0 Å². The average molecular weight is 306 g/mol. The number of hydrogen-bond donors (Lipinski definition) is 0. The summed E-state index contributed by atoms with van der Waals surface area (Å²) in [6, 6.07) is 6.79. The fourth-order valence-corrected chi connectivity index (χ4v) is 3.15. The molecular formula is C10H12BrNO3S. The highest BCUT2D eigenvalue weighted by Gasteiger charge is 2.28. The van der Waals surface area contributed by atoms with E-state index in [4.69, 9.17) is 4.84 Å². The molecule has 0 spiro atoms. The van der Waals surface area contributed by atoms with Crippen LogP contribution in [0.2, 0.25) is 0 Å². The van der Waals surface area contributed by atoms with E-state index in [2.05, 4.69) is 15.9 Å². The van der Waals surface area contributed by atoms with Crippen LogP contribution >= 0.6 is 15.9 Å². The molecule has 6 heteroatoms. The standard InChI is InChI=1S/C10H12BrNO3S/c11-8-9-2-4-10(5-3-9)16(13,14)12-6-1-7-15-12/h2-5H,1,6-8H2. The lowest BCUT2D eigenvalue weighted by atomic mass is 10.2. The fourth-order valence-electron chi connectivity index (χ4n) is 1.48. The van der Waals surface area contributed by atoms with Crippen molar-refractivity contribution in [2.45, 2.75) is 16.6 Å². The Labute approximate surface area is 103 Å². The number of hydroxylamine groups is 1.